The number of nitrogens with zero attached hydrogens (tertiary/aromatic N) is 1. The molecule has 2 amide bonds. The van der Waals surface area contributed by atoms with Gasteiger partial charge in [-0.15, -0.1) is 0 Å². The van der Waals surface area contributed by atoms with Crippen molar-refractivity contribution in [3.05, 3.63) is 0 Å². The summed E-state index contributed by atoms with van der Waals surface area (Å²) in [4.78, 5) is 33.7. The molecule has 0 heterocycles. The number of carboxylic acid groups (broad SMARTS) is 1. The second-order valence-electron chi connectivity index (χ2n) is 3.29. The van der Waals surface area contributed by atoms with Gasteiger partial charge in [0.2, 0.25) is 11.8 Å². The lowest BCUT2D eigenvalue weighted by atomic mass is 10.3. The maximum absolute atomic E-state index is 11.4. The molecule has 0 aliphatic heterocycles. The van der Waals surface area contributed by atoms with Crippen LogP contribution < -0.4 is 11.1 Å². The zero-order valence-electron chi connectivity index (χ0n) is 9.23. The molecular formula is C9H17N3O4. The first-order valence-electron chi connectivity index (χ1n) is 4.90. The van der Waals surface area contributed by atoms with Gasteiger partial charge in [0.15, 0.2) is 0 Å². The van der Waals surface area contributed by atoms with Crippen molar-refractivity contribution < 1.29 is 19.5 Å². The molecule has 7 nitrogen and oxygen atoms in total. The van der Waals surface area contributed by atoms with Crippen LogP contribution in [0.25, 0.3) is 0 Å². The standard InChI is InChI=1S/C9H17N3O4/c1-12(4-2-3-9(15)16)8(14)6-11-7(13)5-10/h2-6,10H2,1H3,(H,11,13)(H,15,16). The van der Waals surface area contributed by atoms with Crippen LogP contribution in [0, 0.1) is 0 Å². The number of carbonyl (C=O) groups is 3. The van der Waals surface area contributed by atoms with Crippen molar-refractivity contribution in [3.8, 4) is 0 Å². The van der Waals surface area contributed by atoms with Crippen molar-refractivity contribution in [2.24, 2.45) is 5.73 Å². The third-order valence-electron chi connectivity index (χ3n) is 1.93. The van der Waals surface area contributed by atoms with E-state index in [4.69, 9.17) is 10.8 Å². The molecule has 7 heteroatoms. The first-order valence-corrected chi connectivity index (χ1v) is 4.90. The molecule has 0 saturated carbocycles. The first kappa shape index (κ1) is 14.4. The van der Waals surface area contributed by atoms with Crippen molar-refractivity contribution in [3.63, 3.8) is 0 Å². The van der Waals surface area contributed by atoms with Gasteiger partial charge in [-0.3, -0.25) is 14.4 Å². The summed E-state index contributed by atoms with van der Waals surface area (Å²) in [6.45, 7) is 0.0826. The van der Waals surface area contributed by atoms with E-state index in [-0.39, 0.29) is 25.4 Å². The second kappa shape index (κ2) is 7.63. The number of nitrogens with one attached hydrogen (secondary N) is 1. The van der Waals surface area contributed by atoms with Gasteiger partial charge in [0, 0.05) is 20.0 Å². The number of nitrogens with two attached hydrogens (primary N) is 1. The molecule has 0 rings (SSSR count). The van der Waals surface area contributed by atoms with Gasteiger partial charge in [-0.25, -0.2) is 0 Å². The van der Waals surface area contributed by atoms with Gasteiger partial charge in [-0.1, -0.05) is 0 Å². The third kappa shape index (κ3) is 6.77. The molecule has 0 radical (unpaired) electrons. The van der Waals surface area contributed by atoms with Crippen molar-refractivity contribution in [1.29, 1.82) is 0 Å². The number of hydrogen-bond donors (Lipinski definition) is 3. The molecule has 0 spiro atoms. The van der Waals surface area contributed by atoms with E-state index in [1.165, 1.54) is 4.90 Å². The lowest BCUT2D eigenvalue weighted by Crippen LogP contribution is -2.40. The monoisotopic (exact) mass is 231 g/mol. The number of hydrogen-bond acceptors (Lipinski definition) is 4. The fourth-order valence-electron chi connectivity index (χ4n) is 0.973. The van der Waals surface area contributed by atoms with E-state index in [9.17, 15) is 14.4 Å². The predicted molar refractivity (Wildman–Crippen MR) is 56.6 cm³/mol. The molecule has 0 saturated heterocycles. The Morgan fingerprint density at radius 3 is 2.50 bits per heavy atom. The average molecular weight is 231 g/mol. The summed E-state index contributed by atoms with van der Waals surface area (Å²) >= 11 is 0. The maximum Gasteiger partial charge on any atom is 0.303 e. The Balaban J connectivity index is 3.73. The van der Waals surface area contributed by atoms with E-state index in [0.29, 0.717) is 13.0 Å². The van der Waals surface area contributed by atoms with Crippen LogP contribution in [0.1, 0.15) is 12.8 Å². The number of carboxylic acids is 1. The Kier molecular flexibility index (Phi) is 6.86. The summed E-state index contributed by atoms with van der Waals surface area (Å²) in [5.41, 5.74) is 5.05. The van der Waals surface area contributed by atoms with Gasteiger partial charge in [0.05, 0.1) is 13.1 Å². The van der Waals surface area contributed by atoms with E-state index in [1.807, 2.05) is 0 Å². The summed E-state index contributed by atoms with van der Waals surface area (Å²) < 4.78 is 0. The van der Waals surface area contributed by atoms with Crippen molar-refractivity contribution in [2.45, 2.75) is 12.8 Å². The summed E-state index contributed by atoms with van der Waals surface area (Å²) in [5.74, 6) is -1.56. The van der Waals surface area contributed by atoms with Gasteiger partial charge in [-0.2, -0.15) is 0 Å². The molecule has 0 aliphatic rings. The number of carbonyl (C=O) groups excluding carboxylic acids is 2. The quantitative estimate of drug-likeness (QED) is 0.487. The van der Waals surface area contributed by atoms with Gasteiger partial charge in [0.25, 0.3) is 0 Å². The van der Waals surface area contributed by atoms with Crippen LogP contribution in [0.15, 0.2) is 0 Å². The molecular weight excluding hydrogens is 214 g/mol. The molecule has 0 fully saturated rings. The zero-order chi connectivity index (χ0) is 12.6. The number of rotatable bonds is 7. The van der Waals surface area contributed by atoms with Crippen LogP contribution in [0.3, 0.4) is 0 Å². The highest BCUT2D eigenvalue weighted by atomic mass is 16.4. The van der Waals surface area contributed by atoms with Crippen molar-refractivity contribution >= 4 is 17.8 Å². The van der Waals surface area contributed by atoms with Crippen molar-refractivity contribution in [1.82, 2.24) is 10.2 Å². The molecule has 0 unspecified atom stereocenters. The van der Waals surface area contributed by atoms with E-state index in [1.54, 1.807) is 7.05 Å². The minimum atomic E-state index is -0.891. The molecule has 0 bridgehead atoms. The van der Waals surface area contributed by atoms with Gasteiger partial charge >= 0.3 is 5.97 Å². The van der Waals surface area contributed by atoms with Gasteiger partial charge in [0.1, 0.15) is 0 Å². The summed E-state index contributed by atoms with van der Waals surface area (Å²) in [6, 6.07) is 0. The summed E-state index contributed by atoms with van der Waals surface area (Å²) in [7, 11) is 1.55. The highest BCUT2D eigenvalue weighted by Crippen LogP contribution is 1.93. The second-order valence-corrected chi connectivity index (χ2v) is 3.29. The highest BCUT2D eigenvalue weighted by molar-refractivity contribution is 5.85. The van der Waals surface area contributed by atoms with E-state index < -0.39 is 11.9 Å². The fraction of sp³-hybridized carbons (Fsp3) is 0.667. The average Bonchev–Trinajstić information content (AvgIpc) is 2.24. The van der Waals surface area contributed by atoms with Crippen LogP contribution in [0.2, 0.25) is 0 Å². The number of likely N-dealkylation sites (N-methyl/N-ethyl adjacent to an activating group) is 1. The summed E-state index contributed by atoms with van der Waals surface area (Å²) in [6.07, 6.45) is 0.412. The minimum Gasteiger partial charge on any atom is -0.481 e. The SMILES string of the molecule is CN(CCCC(=O)O)C(=O)CNC(=O)CN. The zero-order valence-corrected chi connectivity index (χ0v) is 9.23. The minimum absolute atomic E-state index is 0.0206. The molecule has 0 aromatic carbocycles. The Hall–Kier alpha value is -1.63. The molecule has 92 valence electrons. The first-order chi connectivity index (χ1) is 7.47. The van der Waals surface area contributed by atoms with Crippen LogP contribution in [-0.4, -0.2) is 54.5 Å². The van der Waals surface area contributed by atoms with Crippen LogP contribution in [-0.2, 0) is 14.4 Å². The Morgan fingerprint density at radius 2 is 2.00 bits per heavy atom. The van der Waals surface area contributed by atoms with Crippen molar-refractivity contribution in [2.75, 3.05) is 26.7 Å². The van der Waals surface area contributed by atoms with Crippen LogP contribution >= 0.6 is 0 Å². The molecule has 0 aromatic heterocycles. The van der Waals surface area contributed by atoms with E-state index in [0.717, 1.165) is 0 Å². The van der Waals surface area contributed by atoms with Crippen LogP contribution in [0.5, 0.6) is 0 Å². The summed E-state index contributed by atoms with van der Waals surface area (Å²) in [5, 5.41) is 10.7. The largest absolute Gasteiger partial charge is 0.481 e. The third-order valence-corrected chi connectivity index (χ3v) is 1.93. The fourth-order valence-corrected chi connectivity index (χ4v) is 0.973. The Morgan fingerprint density at radius 1 is 1.38 bits per heavy atom. The number of amides is 2. The molecule has 0 aliphatic carbocycles. The lowest BCUT2D eigenvalue weighted by Gasteiger charge is -2.16. The number of aliphatic carboxylic acids is 1. The van der Waals surface area contributed by atoms with E-state index >= 15 is 0 Å². The lowest BCUT2D eigenvalue weighted by molar-refractivity contribution is -0.137. The highest BCUT2D eigenvalue weighted by Gasteiger charge is 2.09. The molecule has 0 atom stereocenters. The molecule has 0 aromatic rings. The maximum atomic E-state index is 11.4. The van der Waals surface area contributed by atoms with E-state index in [2.05, 4.69) is 5.32 Å². The Labute approximate surface area is 93.6 Å². The van der Waals surface area contributed by atoms with Gasteiger partial charge < -0.3 is 21.1 Å². The predicted octanol–water partition coefficient (Wildman–Crippen LogP) is -1.62. The topological polar surface area (TPSA) is 113 Å². The van der Waals surface area contributed by atoms with Crippen LogP contribution in [0.4, 0.5) is 0 Å². The normalized spacial score (nSPS) is 9.62. The smallest absolute Gasteiger partial charge is 0.303 e. The Bertz CT molecular complexity index is 267. The molecule has 16 heavy (non-hydrogen) atoms. The molecule has 4 N–H and O–H groups in total. The van der Waals surface area contributed by atoms with Gasteiger partial charge in [-0.05, 0) is 6.42 Å².